The molecule has 0 bridgehead atoms. The number of rotatable bonds is 8. The van der Waals surface area contributed by atoms with Gasteiger partial charge in [-0.25, -0.2) is 4.90 Å². The Morgan fingerprint density at radius 3 is 1.77 bits per heavy atom. The van der Waals surface area contributed by atoms with Crippen molar-refractivity contribution in [2.75, 3.05) is 15.5 Å². The topological polar surface area (TPSA) is 214 Å². The van der Waals surface area contributed by atoms with Crippen LogP contribution in [-0.4, -0.2) is 49.6 Å². The Bertz CT molecular complexity index is 2060. The summed E-state index contributed by atoms with van der Waals surface area (Å²) in [5, 5.41) is 5.11. The molecule has 4 N–H and O–H groups in total. The minimum absolute atomic E-state index is 0.0334. The van der Waals surface area contributed by atoms with Crippen molar-refractivity contribution in [1.82, 2.24) is 0 Å². The second-order valence-corrected chi connectivity index (χ2v) is 11.6. The van der Waals surface area contributed by atoms with Gasteiger partial charge in [-0.2, -0.15) is 16.8 Å². The molecule has 0 atom stereocenters. The van der Waals surface area contributed by atoms with Gasteiger partial charge in [0.05, 0.1) is 21.7 Å². The van der Waals surface area contributed by atoms with Crippen LogP contribution in [-0.2, 0) is 20.5 Å². The van der Waals surface area contributed by atoms with E-state index in [1.54, 1.807) is 0 Å². The van der Waals surface area contributed by atoms with Crippen molar-refractivity contribution in [3.05, 3.63) is 113 Å². The summed E-state index contributed by atoms with van der Waals surface area (Å²) < 4.78 is 66.3. The molecule has 0 aromatic heterocycles. The van der Waals surface area contributed by atoms with Crippen LogP contribution in [0.4, 0.5) is 17.1 Å². The third kappa shape index (κ3) is 6.47. The molecule has 0 saturated heterocycles. The normalized spacial score (nSPS) is 12.9. The summed E-state index contributed by atoms with van der Waals surface area (Å²) in [6.45, 7) is 0. The molecule has 5 rings (SSSR count). The van der Waals surface area contributed by atoms with Crippen LogP contribution >= 0.6 is 0 Å². The molecule has 44 heavy (non-hydrogen) atoms. The maximum atomic E-state index is 13.3. The first-order chi connectivity index (χ1) is 20.7. The minimum atomic E-state index is -4.71. The first-order valence-corrected chi connectivity index (χ1v) is 15.1. The first-order valence-electron chi connectivity index (χ1n) is 12.3. The quantitative estimate of drug-likeness (QED) is 0.162. The highest BCUT2D eigenvalue weighted by Crippen LogP contribution is 2.30. The molecule has 4 aromatic carbocycles. The number of fused-ring (bicyclic) bond motifs is 1. The third-order valence-electron chi connectivity index (χ3n) is 6.24. The lowest BCUT2D eigenvalue weighted by atomic mass is 10.1. The van der Waals surface area contributed by atoms with Gasteiger partial charge >= 0.3 is 10.4 Å². The zero-order valence-electron chi connectivity index (χ0n) is 22.0. The van der Waals surface area contributed by atoms with E-state index in [1.165, 1.54) is 78.9 Å². The van der Waals surface area contributed by atoms with E-state index >= 15 is 0 Å². The van der Waals surface area contributed by atoms with E-state index in [0.717, 1.165) is 17.0 Å². The predicted octanol–water partition coefficient (Wildman–Crippen LogP) is 3.42. The lowest BCUT2D eigenvalue weighted by molar-refractivity contribution is 0.0923. The molecular weight excluding hydrogens is 618 g/mol. The lowest BCUT2D eigenvalue weighted by Crippen LogP contribution is -2.29. The van der Waals surface area contributed by atoms with Crippen LogP contribution in [0.2, 0.25) is 0 Å². The fourth-order valence-electron chi connectivity index (χ4n) is 4.23. The molecule has 1 heterocycles. The van der Waals surface area contributed by atoms with Gasteiger partial charge in [0.25, 0.3) is 33.7 Å². The monoisotopic (exact) mass is 637 g/mol. The van der Waals surface area contributed by atoms with Crippen LogP contribution in [0.1, 0.15) is 41.4 Å². The van der Waals surface area contributed by atoms with E-state index in [9.17, 15) is 36.0 Å². The summed E-state index contributed by atoms with van der Waals surface area (Å²) in [4.78, 5) is 52.6. The Morgan fingerprint density at radius 1 is 0.659 bits per heavy atom. The van der Waals surface area contributed by atoms with Crippen LogP contribution in [0.3, 0.4) is 0 Å². The van der Waals surface area contributed by atoms with Crippen LogP contribution in [0.15, 0.2) is 95.9 Å². The second kappa shape index (κ2) is 11.3. The third-order valence-corrected chi connectivity index (χ3v) is 7.51. The Morgan fingerprint density at radius 2 is 1.20 bits per heavy atom. The maximum Gasteiger partial charge on any atom is 0.446 e. The molecule has 0 aliphatic carbocycles. The maximum absolute atomic E-state index is 13.3. The van der Waals surface area contributed by atoms with Gasteiger partial charge in [-0.15, -0.1) is 0 Å². The fourth-order valence-corrected chi connectivity index (χ4v) is 5.07. The van der Waals surface area contributed by atoms with Gasteiger partial charge in [0.2, 0.25) is 0 Å². The highest BCUT2D eigenvalue weighted by atomic mass is 32.3. The Labute approximate surface area is 249 Å². The molecule has 1 aliphatic rings. The molecule has 0 fully saturated rings. The number of anilines is 3. The molecule has 4 amide bonds. The Balaban J connectivity index is 1.31. The fraction of sp³-hybridized carbons (Fsp3) is 0. The number of carbonyl (C=O) groups excluding carboxylic acids is 4. The summed E-state index contributed by atoms with van der Waals surface area (Å²) in [6, 6.07) is 19.3. The average molecular weight is 638 g/mol. The van der Waals surface area contributed by atoms with E-state index in [0.29, 0.717) is 0 Å². The summed E-state index contributed by atoms with van der Waals surface area (Å²) in [5.74, 6) is -2.86. The lowest BCUT2D eigenvalue weighted by Gasteiger charge is -2.15. The smallest absolute Gasteiger partial charge is 0.362 e. The highest BCUT2D eigenvalue weighted by Gasteiger charge is 2.37. The summed E-state index contributed by atoms with van der Waals surface area (Å²) >= 11 is 0. The van der Waals surface area contributed by atoms with E-state index in [4.69, 9.17) is 9.11 Å². The van der Waals surface area contributed by atoms with Crippen molar-refractivity contribution in [2.24, 2.45) is 0 Å². The number of hydrogen-bond donors (Lipinski definition) is 4. The van der Waals surface area contributed by atoms with Gasteiger partial charge in [-0.1, -0.05) is 6.07 Å². The van der Waals surface area contributed by atoms with Crippen molar-refractivity contribution >= 4 is 61.2 Å². The molecule has 0 saturated carbocycles. The molecular formula is C28H19N3O11S2. The van der Waals surface area contributed by atoms with Crippen LogP contribution in [0.25, 0.3) is 0 Å². The van der Waals surface area contributed by atoms with Crippen molar-refractivity contribution < 1.29 is 49.3 Å². The van der Waals surface area contributed by atoms with E-state index in [-0.39, 0.29) is 50.0 Å². The predicted molar refractivity (Wildman–Crippen MR) is 155 cm³/mol. The zero-order chi connectivity index (χ0) is 31.8. The minimum Gasteiger partial charge on any atom is -0.362 e. The number of benzene rings is 4. The number of nitrogens with one attached hydrogen (secondary N) is 2. The number of amides is 4. The van der Waals surface area contributed by atoms with Gasteiger partial charge in [0, 0.05) is 22.5 Å². The van der Waals surface area contributed by atoms with Crippen molar-refractivity contribution in [1.29, 1.82) is 0 Å². The number of carbonyl (C=O) groups is 4. The van der Waals surface area contributed by atoms with Gasteiger partial charge in [-0.05, 0) is 84.9 Å². The highest BCUT2D eigenvalue weighted by molar-refractivity contribution is 7.85. The van der Waals surface area contributed by atoms with Crippen molar-refractivity contribution in [3.8, 4) is 5.75 Å². The van der Waals surface area contributed by atoms with Crippen molar-refractivity contribution in [3.63, 3.8) is 0 Å². The van der Waals surface area contributed by atoms with Gasteiger partial charge < -0.3 is 14.8 Å². The van der Waals surface area contributed by atoms with E-state index in [1.807, 2.05) is 0 Å². The molecule has 0 radical (unpaired) electrons. The number of hydrogen-bond acceptors (Lipinski definition) is 9. The van der Waals surface area contributed by atoms with Crippen LogP contribution in [0.5, 0.6) is 5.75 Å². The number of imide groups is 1. The zero-order valence-corrected chi connectivity index (χ0v) is 23.6. The molecule has 1 aliphatic heterocycles. The Kier molecular flexibility index (Phi) is 7.75. The van der Waals surface area contributed by atoms with Gasteiger partial charge in [-0.3, -0.25) is 28.3 Å². The molecule has 14 nitrogen and oxygen atoms in total. The summed E-state index contributed by atoms with van der Waals surface area (Å²) in [7, 11) is -9.13. The first kappa shape index (κ1) is 30.1. The molecule has 4 aromatic rings. The van der Waals surface area contributed by atoms with Crippen molar-refractivity contribution in [2.45, 2.75) is 4.90 Å². The second-order valence-electron chi connectivity index (χ2n) is 9.20. The summed E-state index contributed by atoms with van der Waals surface area (Å²) in [5.41, 5.74) is 0.653. The molecule has 0 spiro atoms. The van der Waals surface area contributed by atoms with Gasteiger partial charge in [0.1, 0.15) is 5.75 Å². The van der Waals surface area contributed by atoms with Gasteiger partial charge in [0.15, 0.2) is 0 Å². The van der Waals surface area contributed by atoms with Crippen LogP contribution < -0.4 is 19.7 Å². The van der Waals surface area contributed by atoms with E-state index in [2.05, 4.69) is 14.8 Å². The van der Waals surface area contributed by atoms with Crippen LogP contribution in [0, 0.1) is 0 Å². The summed E-state index contributed by atoms with van der Waals surface area (Å²) in [6.07, 6.45) is 0. The molecule has 224 valence electrons. The number of nitrogens with zero attached hydrogens (tertiary/aromatic N) is 1. The average Bonchev–Trinajstić information content (AvgIpc) is 3.22. The largest absolute Gasteiger partial charge is 0.446 e. The SMILES string of the molecule is O=C(Nc1ccc(OS(=O)(=O)O)cc1)c1cccc(N2C(=O)c3ccc(C(=O)Nc4ccc(S(=O)(=O)O)cc4)cc3C2=O)c1. The molecule has 16 heteroatoms. The van der Waals surface area contributed by atoms with E-state index < -0.39 is 44.1 Å². The standard InChI is InChI=1S/C28H19N3O11S2/c32-25(29-18-5-9-21(10-6-18)42-44(39,40)41)16-2-1-3-20(14-16)31-27(34)23-13-4-17(15-24(23)28(31)35)26(33)30-19-7-11-22(12-8-19)43(36,37)38/h1-15H,(H,29,32)(H,30,33)(H,36,37,38)(H,39,40,41). The Hall–Kier alpha value is -5.42. The molecule has 0 unspecified atom stereocenters.